The van der Waals surface area contributed by atoms with Gasteiger partial charge in [0, 0.05) is 81.0 Å². The summed E-state index contributed by atoms with van der Waals surface area (Å²) < 4.78 is 48.9. The van der Waals surface area contributed by atoms with Crippen LogP contribution in [0.15, 0.2) is 46.0 Å². The lowest BCUT2D eigenvalue weighted by Crippen LogP contribution is -2.44. The normalized spacial score (nSPS) is 17.0. The van der Waals surface area contributed by atoms with Crippen LogP contribution in [0.1, 0.15) is 71.4 Å². The Kier molecular flexibility index (Phi) is 10.8. The Hall–Kier alpha value is -4.36. The number of H-pyrrole nitrogens is 1. The number of nitrogens with one attached hydrogen (secondary N) is 2. The fraction of sp³-hybridized carbons (Fsp3) is 0.500. The van der Waals surface area contributed by atoms with Crippen LogP contribution >= 0.6 is 0 Å². The summed E-state index contributed by atoms with van der Waals surface area (Å²) in [6, 6.07) is 11.6. The number of rotatable bonds is 10. The molecule has 4 heterocycles. The average Bonchev–Trinajstić information content (AvgIpc) is 3.37. The minimum absolute atomic E-state index is 0.0748. The van der Waals surface area contributed by atoms with E-state index in [-0.39, 0.29) is 48.9 Å². The molecule has 51 heavy (non-hydrogen) atoms. The molecule has 4 aromatic rings. The van der Waals surface area contributed by atoms with Gasteiger partial charge >= 0.3 is 5.69 Å². The van der Waals surface area contributed by atoms with E-state index in [2.05, 4.69) is 28.2 Å². The van der Waals surface area contributed by atoms with Crippen LogP contribution in [0.3, 0.4) is 0 Å². The molecule has 2 saturated heterocycles. The van der Waals surface area contributed by atoms with E-state index in [1.54, 1.807) is 16.2 Å². The molecule has 274 valence electrons. The number of carbonyl (C=O) groups is 1. The van der Waals surface area contributed by atoms with Crippen molar-refractivity contribution in [3.8, 4) is 11.1 Å². The van der Waals surface area contributed by atoms with Crippen LogP contribution in [0.2, 0.25) is 0 Å². The molecule has 2 aliphatic rings. The molecule has 2 aromatic heterocycles. The number of piperidine rings is 1. The number of imidazole rings is 1. The Balaban J connectivity index is 1.38. The molecule has 13 heteroatoms. The van der Waals surface area contributed by atoms with Gasteiger partial charge in [-0.05, 0) is 106 Å². The highest BCUT2D eigenvalue weighted by molar-refractivity contribution is 5.99. The van der Waals surface area contributed by atoms with Gasteiger partial charge in [0.25, 0.3) is 17.9 Å². The van der Waals surface area contributed by atoms with Crippen LogP contribution in [0.5, 0.6) is 0 Å². The van der Waals surface area contributed by atoms with E-state index in [9.17, 15) is 27.6 Å². The molecule has 0 radical (unpaired) electrons. The summed E-state index contributed by atoms with van der Waals surface area (Å²) in [5, 5.41) is 2.99. The molecule has 10 nitrogen and oxygen atoms in total. The van der Waals surface area contributed by atoms with Crippen LogP contribution in [-0.4, -0.2) is 76.5 Å². The lowest BCUT2D eigenvalue weighted by molar-refractivity contribution is -0.0599. The number of amides is 1. The van der Waals surface area contributed by atoms with E-state index in [1.165, 1.54) is 0 Å². The first kappa shape index (κ1) is 36.4. The number of hydrogen-bond acceptors (Lipinski definition) is 6. The smallest absolute Gasteiger partial charge is 0.329 e. The number of aromatic nitrogens is 3. The van der Waals surface area contributed by atoms with Crippen molar-refractivity contribution in [3.05, 3.63) is 85.2 Å². The summed E-state index contributed by atoms with van der Waals surface area (Å²) in [6.07, 6.45) is -2.90. The lowest BCUT2D eigenvalue weighted by Gasteiger charge is -2.37. The van der Waals surface area contributed by atoms with Crippen LogP contribution in [0.4, 0.5) is 18.9 Å². The van der Waals surface area contributed by atoms with Crippen LogP contribution in [0, 0.1) is 20.8 Å². The highest BCUT2D eigenvalue weighted by atomic mass is 19.3. The van der Waals surface area contributed by atoms with Gasteiger partial charge in [-0.15, -0.1) is 0 Å². The van der Waals surface area contributed by atoms with Gasteiger partial charge in [-0.2, -0.15) is 0 Å². The Labute approximate surface area is 295 Å². The van der Waals surface area contributed by atoms with Gasteiger partial charge in [-0.3, -0.25) is 23.6 Å². The zero-order valence-corrected chi connectivity index (χ0v) is 29.9. The van der Waals surface area contributed by atoms with Crippen LogP contribution < -0.4 is 21.5 Å². The van der Waals surface area contributed by atoms with Crippen LogP contribution in [0.25, 0.3) is 22.2 Å². The Morgan fingerprint density at radius 3 is 2.33 bits per heavy atom. The summed E-state index contributed by atoms with van der Waals surface area (Å²) >= 11 is 0. The second-order valence-electron chi connectivity index (χ2n) is 13.8. The van der Waals surface area contributed by atoms with Crippen molar-refractivity contribution in [1.29, 1.82) is 0 Å². The number of likely N-dealkylation sites (tertiary alicyclic amines) is 1. The number of aromatic amines is 1. The molecular weight excluding hydrogens is 661 g/mol. The number of hydrogen-bond donors (Lipinski definition) is 2. The third-order valence-corrected chi connectivity index (χ3v) is 10.7. The van der Waals surface area contributed by atoms with Gasteiger partial charge in [0.2, 0.25) is 6.30 Å². The van der Waals surface area contributed by atoms with Crippen LogP contribution in [-0.2, 0) is 18.3 Å². The monoisotopic (exact) mass is 708 g/mol. The highest BCUT2D eigenvalue weighted by Gasteiger charge is 2.33. The third kappa shape index (κ3) is 7.23. The van der Waals surface area contributed by atoms with E-state index in [0.29, 0.717) is 48.2 Å². The second-order valence-corrected chi connectivity index (χ2v) is 13.8. The first-order chi connectivity index (χ1) is 24.4. The number of halogens is 3. The van der Waals surface area contributed by atoms with Crippen molar-refractivity contribution >= 4 is 22.6 Å². The van der Waals surface area contributed by atoms with Crippen molar-refractivity contribution in [2.24, 2.45) is 7.05 Å². The zero-order chi connectivity index (χ0) is 36.6. The number of pyridine rings is 1. The van der Waals surface area contributed by atoms with Gasteiger partial charge in [0.15, 0.2) is 0 Å². The van der Waals surface area contributed by atoms with Crippen molar-refractivity contribution in [2.45, 2.75) is 84.7 Å². The molecule has 2 aromatic carbocycles. The fourth-order valence-corrected chi connectivity index (χ4v) is 7.83. The molecule has 1 amide bonds. The Morgan fingerprint density at radius 1 is 0.980 bits per heavy atom. The first-order valence-electron chi connectivity index (χ1n) is 17.7. The van der Waals surface area contributed by atoms with Gasteiger partial charge in [-0.25, -0.2) is 18.0 Å². The minimum atomic E-state index is -3.07. The maximum Gasteiger partial charge on any atom is 0.329 e. The SMILES string of the molecule is CCN(c1cc(-c2ccc3c(c2)n(C)c(=O)n3C2CCN(C(F)C(F)F)CC2)cc(C(=O)NCc2c(C)cc(C)[nH]c2=O)c1C)C1CCOCC1. The maximum absolute atomic E-state index is 14.0. The molecular formula is C38H47F3N6O4. The Bertz CT molecular complexity index is 2020. The molecule has 2 aliphatic heterocycles. The van der Waals surface area contributed by atoms with Gasteiger partial charge in [-0.1, -0.05) is 6.07 Å². The molecule has 2 N–H and O–H groups in total. The van der Waals surface area contributed by atoms with Crippen molar-refractivity contribution in [2.75, 3.05) is 37.7 Å². The summed E-state index contributed by atoms with van der Waals surface area (Å²) in [5.74, 6) is -0.300. The quantitative estimate of drug-likeness (QED) is 0.204. The second kappa shape index (κ2) is 15.1. The number of nitrogens with zero attached hydrogens (tertiary/aromatic N) is 4. The largest absolute Gasteiger partial charge is 0.381 e. The molecule has 1 unspecified atom stereocenters. The summed E-state index contributed by atoms with van der Waals surface area (Å²) in [7, 11) is 1.70. The van der Waals surface area contributed by atoms with Crippen molar-refractivity contribution < 1.29 is 22.7 Å². The molecule has 1 atom stereocenters. The maximum atomic E-state index is 14.0. The van der Waals surface area contributed by atoms with Crippen molar-refractivity contribution in [3.63, 3.8) is 0 Å². The van der Waals surface area contributed by atoms with Gasteiger partial charge in [0.1, 0.15) is 0 Å². The topological polar surface area (TPSA) is 105 Å². The summed E-state index contributed by atoms with van der Waals surface area (Å²) in [4.78, 5) is 46.5. The number of anilines is 1. The number of alkyl halides is 3. The molecule has 2 fully saturated rings. The van der Waals surface area contributed by atoms with Gasteiger partial charge in [0.05, 0.1) is 11.0 Å². The number of carbonyl (C=O) groups excluding carboxylic acids is 1. The number of benzene rings is 2. The molecule has 6 rings (SSSR count). The van der Waals surface area contributed by atoms with E-state index in [0.717, 1.165) is 57.9 Å². The molecule has 0 saturated carbocycles. The van der Waals surface area contributed by atoms with Gasteiger partial charge < -0.3 is 19.9 Å². The fourth-order valence-electron chi connectivity index (χ4n) is 7.83. The van der Waals surface area contributed by atoms with E-state index >= 15 is 0 Å². The highest BCUT2D eigenvalue weighted by Crippen LogP contribution is 2.36. The zero-order valence-electron chi connectivity index (χ0n) is 29.9. The predicted molar refractivity (Wildman–Crippen MR) is 193 cm³/mol. The Morgan fingerprint density at radius 2 is 1.69 bits per heavy atom. The third-order valence-electron chi connectivity index (χ3n) is 10.7. The number of fused-ring (bicyclic) bond motifs is 1. The number of ether oxygens (including phenoxy) is 1. The average molecular weight is 709 g/mol. The predicted octanol–water partition coefficient (Wildman–Crippen LogP) is 5.75. The van der Waals surface area contributed by atoms with Crippen molar-refractivity contribution in [1.82, 2.24) is 24.3 Å². The standard InChI is InChI=1S/C38H47F3N6O4/c1-6-46(27-11-15-51-16-12-27)32-20-26(18-29(24(32)4)36(48)42-21-30-22(2)17-23(3)43-37(30)49)25-7-8-31-33(19-25)44(5)38(50)47(31)28-9-13-45(14-10-28)35(41)34(39)40/h7-8,17-20,27-28,34-35H,6,9-16,21H2,1-5H3,(H,42,48)(H,43,49). The van der Waals surface area contributed by atoms with E-state index < -0.39 is 12.7 Å². The molecule has 0 spiro atoms. The molecule has 0 bridgehead atoms. The van der Waals surface area contributed by atoms with E-state index in [1.807, 2.05) is 51.1 Å². The summed E-state index contributed by atoms with van der Waals surface area (Å²) in [5.41, 5.74) is 6.85. The molecule has 0 aliphatic carbocycles. The van der Waals surface area contributed by atoms with E-state index in [4.69, 9.17) is 4.74 Å². The summed E-state index contributed by atoms with van der Waals surface area (Å²) in [6.45, 7) is 10.1. The number of aryl methyl sites for hydroxylation is 3. The lowest BCUT2D eigenvalue weighted by atomic mass is 9.95. The minimum Gasteiger partial charge on any atom is -0.381 e. The first-order valence-corrected chi connectivity index (χ1v) is 17.7.